The second kappa shape index (κ2) is 7.59. The smallest absolute Gasteiger partial charge is 0.248 e. The lowest BCUT2D eigenvalue weighted by molar-refractivity contribution is -0.115. The SMILES string of the molecule is CC1=C(C(N)=O)[C@@H](c2cccc(O)c2)n2nc(SCc3ccccc3F)nc2N1. The summed E-state index contributed by atoms with van der Waals surface area (Å²) in [6, 6.07) is 12.5. The van der Waals surface area contributed by atoms with E-state index < -0.39 is 11.9 Å². The average molecular weight is 411 g/mol. The standard InChI is InChI=1S/C20H18FN5O2S/c1-11-16(18(22)28)17(12-6-4-7-14(27)9-12)26-19(23-11)24-20(25-26)29-10-13-5-2-3-8-15(13)21/h2-9,17,27H,10H2,1H3,(H2,22,28)(H,23,24,25)/t17-/m1/s1. The number of nitrogens with one attached hydrogen (secondary N) is 1. The summed E-state index contributed by atoms with van der Waals surface area (Å²) in [4.78, 5) is 16.6. The predicted molar refractivity (Wildman–Crippen MR) is 108 cm³/mol. The molecule has 2 heterocycles. The third kappa shape index (κ3) is 3.68. The average Bonchev–Trinajstić information content (AvgIpc) is 3.08. The molecule has 29 heavy (non-hydrogen) atoms. The monoisotopic (exact) mass is 411 g/mol. The molecule has 0 aliphatic carbocycles. The Morgan fingerprint density at radius 2 is 2.10 bits per heavy atom. The van der Waals surface area contributed by atoms with Gasteiger partial charge in [-0.05, 0) is 36.2 Å². The van der Waals surface area contributed by atoms with Gasteiger partial charge in [0.15, 0.2) is 0 Å². The Bertz CT molecular complexity index is 1130. The van der Waals surface area contributed by atoms with Gasteiger partial charge in [-0.2, -0.15) is 4.98 Å². The van der Waals surface area contributed by atoms with Crippen molar-refractivity contribution in [3.05, 3.63) is 76.7 Å². The largest absolute Gasteiger partial charge is 0.508 e. The summed E-state index contributed by atoms with van der Waals surface area (Å²) < 4.78 is 15.4. The lowest BCUT2D eigenvalue weighted by atomic mass is 9.95. The van der Waals surface area contributed by atoms with E-state index >= 15 is 0 Å². The van der Waals surface area contributed by atoms with Gasteiger partial charge in [-0.25, -0.2) is 9.07 Å². The van der Waals surface area contributed by atoms with Crippen LogP contribution in [0.3, 0.4) is 0 Å². The number of phenols is 1. The highest BCUT2D eigenvalue weighted by Crippen LogP contribution is 2.37. The number of primary amides is 1. The highest BCUT2D eigenvalue weighted by atomic mass is 32.2. The van der Waals surface area contributed by atoms with E-state index in [2.05, 4.69) is 15.4 Å². The fraction of sp³-hybridized carbons (Fsp3) is 0.150. The molecule has 1 aliphatic rings. The molecule has 1 aromatic heterocycles. The number of aromatic nitrogens is 3. The Kier molecular flexibility index (Phi) is 4.98. The number of rotatable bonds is 5. The Balaban J connectivity index is 1.70. The number of phenolic OH excluding ortho intramolecular Hbond substituents is 1. The zero-order valence-electron chi connectivity index (χ0n) is 15.5. The van der Waals surface area contributed by atoms with Crippen molar-refractivity contribution < 1.29 is 14.3 Å². The molecule has 7 nitrogen and oxygen atoms in total. The van der Waals surface area contributed by atoms with Crippen molar-refractivity contribution in [1.29, 1.82) is 0 Å². The van der Waals surface area contributed by atoms with Crippen LogP contribution in [0, 0.1) is 5.82 Å². The third-order valence-corrected chi connectivity index (χ3v) is 5.49. The molecule has 0 fully saturated rings. The number of hydrogen-bond donors (Lipinski definition) is 3. The molecule has 3 aromatic rings. The number of aromatic hydroxyl groups is 1. The maximum absolute atomic E-state index is 13.9. The van der Waals surface area contributed by atoms with Crippen molar-refractivity contribution in [2.24, 2.45) is 5.73 Å². The molecule has 2 aromatic carbocycles. The number of anilines is 1. The molecule has 9 heteroatoms. The molecule has 0 bridgehead atoms. The number of amides is 1. The minimum absolute atomic E-state index is 0.0679. The zero-order valence-corrected chi connectivity index (χ0v) is 16.3. The number of nitrogens with two attached hydrogens (primary N) is 1. The number of benzene rings is 2. The van der Waals surface area contributed by atoms with E-state index in [1.165, 1.54) is 17.8 Å². The number of thioether (sulfide) groups is 1. The molecule has 1 amide bonds. The van der Waals surface area contributed by atoms with Crippen molar-refractivity contribution in [2.75, 3.05) is 5.32 Å². The molecule has 0 saturated heterocycles. The summed E-state index contributed by atoms with van der Waals surface area (Å²) in [6.45, 7) is 1.74. The van der Waals surface area contributed by atoms with Crippen LogP contribution in [-0.2, 0) is 10.5 Å². The first-order valence-corrected chi connectivity index (χ1v) is 9.82. The molecule has 0 unspecified atom stereocenters. The van der Waals surface area contributed by atoms with Gasteiger partial charge in [0.05, 0.1) is 5.57 Å². The van der Waals surface area contributed by atoms with Crippen LogP contribution in [0.1, 0.15) is 24.1 Å². The molecular formula is C20H18FN5O2S. The lowest BCUT2D eigenvalue weighted by Gasteiger charge is -2.27. The number of carbonyl (C=O) groups excluding carboxylic acids is 1. The molecule has 4 rings (SSSR count). The number of allylic oxidation sites excluding steroid dienone is 1. The maximum atomic E-state index is 13.9. The highest BCUT2D eigenvalue weighted by Gasteiger charge is 2.33. The summed E-state index contributed by atoms with van der Waals surface area (Å²) in [6.07, 6.45) is 0. The first-order chi connectivity index (χ1) is 13.9. The first-order valence-electron chi connectivity index (χ1n) is 8.83. The van der Waals surface area contributed by atoms with Gasteiger partial charge in [-0.15, -0.1) is 5.10 Å². The Hall–Kier alpha value is -3.33. The number of nitrogens with zero attached hydrogens (tertiary/aromatic N) is 3. The molecular weight excluding hydrogens is 393 g/mol. The van der Waals surface area contributed by atoms with Crippen LogP contribution < -0.4 is 11.1 Å². The normalized spacial score (nSPS) is 15.7. The molecule has 148 valence electrons. The van der Waals surface area contributed by atoms with E-state index in [4.69, 9.17) is 5.73 Å². The Labute approximate surface area is 170 Å². The third-order valence-electron chi connectivity index (χ3n) is 4.60. The van der Waals surface area contributed by atoms with E-state index in [-0.39, 0.29) is 11.6 Å². The number of carbonyl (C=O) groups is 1. The van der Waals surface area contributed by atoms with Gasteiger partial charge in [0, 0.05) is 11.4 Å². The Morgan fingerprint density at radius 1 is 1.31 bits per heavy atom. The molecule has 4 N–H and O–H groups in total. The van der Waals surface area contributed by atoms with Crippen molar-refractivity contribution in [1.82, 2.24) is 14.8 Å². The number of hydrogen-bond acceptors (Lipinski definition) is 6. The van der Waals surface area contributed by atoms with E-state index in [9.17, 15) is 14.3 Å². The van der Waals surface area contributed by atoms with Gasteiger partial charge >= 0.3 is 0 Å². The molecule has 1 aliphatic heterocycles. The van der Waals surface area contributed by atoms with Crippen LogP contribution in [-0.4, -0.2) is 25.8 Å². The van der Waals surface area contributed by atoms with E-state index in [0.717, 1.165) is 0 Å². The zero-order chi connectivity index (χ0) is 20.5. The second-order valence-electron chi connectivity index (χ2n) is 6.57. The van der Waals surface area contributed by atoms with Crippen molar-refractivity contribution in [2.45, 2.75) is 23.9 Å². The van der Waals surface area contributed by atoms with Crippen molar-refractivity contribution >= 4 is 23.6 Å². The van der Waals surface area contributed by atoms with Crippen LogP contribution in [0.5, 0.6) is 5.75 Å². The van der Waals surface area contributed by atoms with Gasteiger partial charge in [-0.3, -0.25) is 4.79 Å². The van der Waals surface area contributed by atoms with E-state index in [0.29, 0.717) is 39.3 Å². The van der Waals surface area contributed by atoms with Crippen LogP contribution in [0.4, 0.5) is 10.3 Å². The van der Waals surface area contributed by atoms with E-state index in [1.54, 1.807) is 54.1 Å². The van der Waals surface area contributed by atoms with Crippen LogP contribution in [0.2, 0.25) is 0 Å². The summed E-state index contributed by atoms with van der Waals surface area (Å²) >= 11 is 1.29. The van der Waals surface area contributed by atoms with Crippen molar-refractivity contribution in [3.63, 3.8) is 0 Å². The summed E-state index contributed by atoms with van der Waals surface area (Å²) in [5, 5.41) is 17.9. The maximum Gasteiger partial charge on any atom is 0.248 e. The van der Waals surface area contributed by atoms with E-state index in [1.807, 2.05) is 0 Å². The summed E-state index contributed by atoms with van der Waals surface area (Å²) in [7, 11) is 0. The molecule has 0 radical (unpaired) electrons. The lowest BCUT2D eigenvalue weighted by Crippen LogP contribution is -2.31. The predicted octanol–water partition coefficient (Wildman–Crippen LogP) is 3.19. The summed E-state index contributed by atoms with van der Waals surface area (Å²) in [5.74, 6) is -0.00402. The summed E-state index contributed by atoms with van der Waals surface area (Å²) in [5.41, 5.74) is 7.73. The van der Waals surface area contributed by atoms with Crippen LogP contribution in [0.25, 0.3) is 0 Å². The van der Waals surface area contributed by atoms with Gasteiger partial charge in [0.2, 0.25) is 17.0 Å². The van der Waals surface area contributed by atoms with Crippen LogP contribution >= 0.6 is 11.8 Å². The molecule has 1 atom stereocenters. The minimum Gasteiger partial charge on any atom is -0.508 e. The highest BCUT2D eigenvalue weighted by molar-refractivity contribution is 7.98. The number of fused-ring (bicyclic) bond motifs is 1. The fourth-order valence-corrected chi connectivity index (χ4v) is 4.09. The topological polar surface area (TPSA) is 106 Å². The molecule has 0 saturated carbocycles. The minimum atomic E-state index is -0.633. The van der Waals surface area contributed by atoms with Gasteiger partial charge in [0.25, 0.3) is 0 Å². The van der Waals surface area contributed by atoms with Crippen molar-refractivity contribution in [3.8, 4) is 5.75 Å². The first kappa shape index (κ1) is 19.0. The number of halogens is 1. The molecule has 0 spiro atoms. The Morgan fingerprint density at radius 3 is 2.83 bits per heavy atom. The van der Waals surface area contributed by atoms with Gasteiger partial charge in [-0.1, -0.05) is 42.1 Å². The van der Waals surface area contributed by atoms with Gasteiger partial charge in [0.1, 0.15) is 17.6 Å². The van der Waals surface area contributed by atoms with Crippen LogP contribution in [0.15, 0.2) is 65.0 Å². The van der Waals surface area contributed by atoms with Gasteiger partial charge < -0.3 is 16.2 Å². The quantitative estimate of drug-likeness (QED) is 0.557. The second-order valence-corrected chi connectivity index (χ2v) is 7.51. The fourth-order valence-electron chi connectivity index (χ4n) is 3.27.